The fourth-order valence-electron chi connectivity index (χ4n) is 2.57. The Kier molecular flexibility index (Phi) is 5.49. The predicted octanol–water partition coefficient (Wildman–Crippen LogP) is 2.23. The Morgan fingerprint density at radius 1 is 1.55 bits per heavy atom. The zero-order valence-electron chi connectivity index (χ0n) is 11.9. The molecule has 0 radical (unpaired) electrons. The van der Waals surface area contributed by atoms with Crippen LogP contribution in [0.4, 0.5) is 0 Å². The third kappa shape index (κ3) is 4.58. The van der Waals surface area contributed by atoms with Crippen molar-refractivity contribution in [1.82, 2.24) is 10.3 Å². The molecule has 0 spiro atoms. The molecule has 0 saturated carbocycles. The van der Waals surface area contributed by atoms with Crippen molar-refractivity contribution in [3.8, 4) is 0 Å². The predicted molar refractivity (Wildman–Crippen MR) is 87.7 cm³/mol. The van der Waals surface area contributed by atoms with Gasteiger partial charge in [0.25, 0.3) is 0 Å². The summed E-state index contributed by atoms with van der Waals surface area (Å²) in [6.07, 6.45) is 5.71. The molecule has 1 aliphatic heterocycles. The van der Waals surface area contributed by atoms with Crippen molar-refractivity contribution in [2.24, 2.45) is 10.8 Å². The zero-order valence-corrected chi connectivity index (χ0v) is 12.7. The number of rotatable bonds is 4. The fraction of sp³-hybridized carbons (Fsp3) is 0.467. The maximum absolute atomic E-state index is 5.33. The SMILES string of the molecule is CC1CCCCN1Cc1cccc(C=NNC(N)=S)c1. The minimum absolute atomic E-state index is 0.180. The number of thiocarbonyl (C=S) groups is 1. The summed E-state index contributed by atoms with van der Waals surface area (Å²) in [4.78, 5) is 2.55. The first-order chi connectivity index (χ1) is 9.65. The number of piperidine rings is 1. The van der Waals surface area contributed by atoms with Gasteiger partial charge >= 0.3 is 0 Å². The first kappa shape index (κ1) is 14.9. The molecule has 20 heavy (non-hydrogen) atoms. The van der Waals surface area contributed by atoms with Gasteiger partial charge in [0.05, 0.1) is 6.21 Å². The van der Waals surface area contributed by atoms with E-state index in [0.717, 1.165) is 12.1 Å². The van der Waals surface area contributed by atoms with Crippen LogP contribution < -0.4 is 11.2 Å². The van der Waals surface area contributed by atoms with Crippen LogP contribution in [0.3, 0.4) is 0 Å². The van der Waals surface area contributed by atoms with Gasteiger partial charge in [0.1, 0.15) is 0 Å². The number of nitrogens with two attached hydrogens (primary N) is 1. The number of likely N-dealkylation sites (tertiary alicyclic amines) is 1. The van der Waals surface area contributed by atoms with Gasteiger partial charge in [-0.15, -0.1) is 0 Å². The van der Waals surface area contributed by atoms with Crippen molar-refractivity contribution in [3.05, 3.63) is 35.4 Å². The number of hydrazone groups is 1. The molecule has 1 fully saturated rings. The maximum Gasteiger partial charge on any atom is 0.184 e. The summed E-state index contributed by atoms with van der Waals surface area (Å²) in [6, 6.07) is 9.09. The van der Waals surface area contributed by atoms with E-state index in [0.29, 0.717) is 6.04 Å². The normalized spacial score (nSPS) is 20.1. The molecule has 1 unspecified atom stereocenters. The van der Waals surface area contributed by atoms with Crippen molar-refractivity contribution in [1.29, 1.82) is 0 Å². The van der Waals surface area contributed by atoms with Crippen LogP contribution in [0.1, 0.15) is 37.3 Å². The largest absolute Gasteiger partial charge is 0.375 e. The Hall–Kier alpha value is -1.46. The van der Waals surface area contributed by atoms with Crippen molar-refractivity contribution < 1.29 is 0 Å². The third-order valence-corrected chi connectivity index (χ3v) is 3.76. The quantitative estimate of drug-likeness (QED) is 0.507. The number of nitrogens with zero attached hydrogens (tertiary/aromatic N) is 2. The molecule has 1 atom stereocenters. The molecule has 1 aromatic carbocycles. The zero-order chi connectivity index (χ0) is 14.4. The van der Waals surface area contributed by atoms with Gasteiger partial charge < -0.3 is 5.73 Å². The first-order valence-electron chi connectivity index (χ1n) is 7.06. The van der Waals surface area contributed by atoms with Gasteiger partial charge in [-0.3, -0.25) is 10.3 Å². The standard InChI is InChI=1S/C15H22N4S/c1-12-5-2-3-8-19(12)11-14-7-4-6-13(9-14)10-17-18-15(16)20/h4,6-7,9-10,12H,2-3,5,8,11H2,1H3,(H3,16,18,20). The van der Waals surface area contributed by atoms with Gasteiger partial charge in [-0.2, -0.15) is 5.10 Å². The number of hydrogen-bond acceptors (Lipinski definition) is 3. The van der Waals surface area contributed by atoms with Gasteiger partial charge in [0, 0.05) is 12.6 Å². The third-order valence-electron chi connectivity index (χ3n) is 3.67. The average molecular weight is 290 g/mol. The Labute approximate surface area is 126 Å². The molecule has 5 heteroatoms. The molecule has 1 aromatic rings. The van der Waals surface area contributed by atoms with E-state index in [9.17, 15) is 0 Å². The van der Waals surface area contributed by atoms with E-state index in [4.69, 9.17) is 18.0 Å². The number of benzene rings is 1. The van der Waals surface area contributed by atoms with E-state index in [1.165, 1.54) is 31.4 Å². The van der Waals surface area contributed by atoms with Gasteiger partial charge in [-0.05, 0) is 55.7 Å². The second kappa shape index (κ2) is 7.36. The van der Waals surface area contributed by atoms with Crippen molar-refractivity contribution >= 4 is 23.5 Å². The molecule has 0 bridgehead atoms. The molecule has 108 valence electrons. The summed E-state index contributed by atoms with van der Waals surface area (Å²) in [7, 11) is 0. The molecule has 4 nitrogen and oxygen atoms in total. The highest BCUT2D eigenvalue weighted by Gasteiger charge is 2.17. The van der Waals surface area contributed by atoms with Crippen LogP contribution in [0.5, 0.6) is 0 Å². The number of hydrogen-bond donors (Lipinski definition) is 2. The van der Waals surface area contributed by atoms with Gasteiger partial charge in [-0.25, -0.2) is 0 Å². The first-order valence-corrected chi connectivity index (χ1v) is 7.47. The van der Waals surface area contributed by atoms with Crippen LogP contribution >= 0.6 is 12.2 Å². The maximum atomic E-state index is 5.33. The molecule has 1 aliphatic rings. The molecular formula is C15H22N4S. The monoisotopic (exact) mass is 290 g/mol. The lowest BCUT2D eigenvalue weighted by Gasteiger charge is -2.33. The van der Waals surface area contributed by atoms with E-state index < -0.39 is 0 Å². The summed E-state index contributed by atoms with van der Waals surface area (Å²) in [5, 5.41) is 4.17. The van der Waals surface area contributed by atoms with Gasteiger partial charge in [0.2, 0.25) is 0 Å². The smallest absolute Gasteiger partial charge is 0.184 e. The Morgan fingerprint density at radius 2 is 2.40 bits per heavy atom. The van der Waals surface area contributed by atoms with Gasteiger partial charge in [-0.1, -0.05) is 24.6 Å². The van der Waals surface area contributed by atoms with E-state index in [2.05, 4.69) is 40.5 Å². The van der Waals surface area contributed by atoms with Crippen LogP contribution in [-0.2, 0) is 6.54 Å². The molecule has 2 rings (SSSR count). The van der Waals surface area contributed by atoms with Gasteiger partial charge in [0.15, 0.2) is 5.11 Å². The lowest BCUT2D eigenvalue weighted by Crippen LogP contribution is -2.36. The number of nitrogens with one attached hydrogen (secondary N) is 1. The van der Waals surface area contributed by atoms with E-state index >= 15 is 0 Å². The summed E-state index contributed by atoms with van der Waals surface area (Å²) < 4.78 is 0. The summed E-state index contributed by atoms with van der Waals surface area (Å²) in [6.45, 7) is 4.52. The van der Waals surface area contributed by atoms with Crippen molar-refractivity contribution in [3.63, 3.8) is 0 Å². The molecule has 0 amide bonds. The molecule has 1 heterocycles. The second-order valence-electron chi connectivity index (χ2n) is 5.29. The summed E-state index contributed by atoms with van der Waals surface area (Å²) >= 11 is 4.70. The highest BCUT2D eigenvalue weighted by atomic mass is 32.1. The molecule has 1 saturated heterocycles. The van der Waals surface area contributed by atoms with Crippen LogP contribution in [0, 0.1) is 0 Å². The Morgan fingerprint density at radius 3 is 3.15 bits per heavy atom. The second-order valence-corrected chi connectivity index (χ2v) is 5.73. The fourth-order valence-corrected chi connectivity index (χ4v) is 2.62. The van der Waals surface area contributed by atoms with Crippen LogP contribution in [-0.4, -0.2) is 28.8 Å². The Balaban J connectivity index is 1.98. The molecular weight excluding hydrogens is 268 g/mol. The summed E-state index contributed by atoms with van der Waals surface area (Å²) in [5.41, 5.74) is 10.3. The minimum atomic E-state index is 0.180. The van der Waals surface area contributed by atoms with Crippen LogP contribution in [0.15, 0.2) is 29.4 Å². The van der Waals surface area contributed by atoms with Crippen molar-refractivity contribution in [2.45, 2.75) is 38.8 Å². The molecule has 0 aliphatic carbocycles. The highest BCUT2D eigenvalue weighted by Crippen LogP contribution is 2.19. The average Bonchev–Trinajstić information content (AvgIpc) is 2.41. The van der Waals surface area contributed by atoms with Crippen molar-refractivity contribution in [2.75, 3.05) is 6.54 Å². The highest BCUT2D eigenvalue weighted by molar-refractivity contribution is 7.80. The lowest BCUT2D eigenvalue weighted by atomic mass is 10.0. The Bertz CT molecular complexity index is 487. The van der Waals surface area contributed by atoms with E-state index in [1.807, 2.05) is 6.07 Å². The lowest BCUT2D eigenvalue weighted by molar-refractivity contribution is 0.152. The molecule has 0 aromatic heterocycles. The van der Waals surface area contributed by atoms with Crippen LogP contribution in [0.25, 0.3) is 0 Å². The minimum Gasteiger partial charge on any atom is -0.375 e. The summed E-state index contributed by atoms with van der Waals surface area (Å²) in [5.74, 6) is 0. The van der Waals surface area contributed by atoms with E-state index in [1.54, 1.807) is 6.21 Å². The molecule has 3 N–H and O–H groups in total. The topological polar surface area (TPSA) is 53.6 Å². The van der Waals surface area contributed by atoms with Crippen LogP contribution in [0.2, 0.25) is 0 Å². The van der Waals surface area contributed by atoms with E-state index in [-0.39, 0.29) is 5.11 Å².